The number of imidazole rings is 1. The Hall–Kier alpha value is -1.79. The van der Waals surface area contributed by atoms with Gasteiger partial charge in [-0.25, -0.2) is 4.98 Å². The van der Waals surface area contributed by atoms with Crippen LogP contribution in [0.2, 0.25) is 0 Å². The van der Waals surface area contributed by atoms with Crippen LogP contribution < -0.4 is 5.32 Å². The lowest BCUT2D eigenvalue weighted by atomic mass is 9.79. The Bertz CT molecular complexity index is 557. The average Bonchev–Trinajstić information content (AvgIpc) is 3.00. The van der Waals surface area contributed by atoms with Crippen LogP contribution in [-0.2, 0) is 16.0 Å². The summed E-state index contributed by atoms with van der Waals surface area (Å²) in [7, 11) is 0. The number of ketones is 1. The normalized spacial score (nSPS) is 27.4. The summed E-state index contributed by atoms with van der Waals surface area (Å²) < 4.78 is 26.1. The molecule has 1 aromatic heterocycles. The Morgan fingerprint density at radius 1 is 1.36 bits per heavy atom. The maximum absolute atomic E-state index is 12.7. The maximum atomic E-state index is 12.7. The van der Waals surface area contributed by atoms with Crippen molar-refractivity contribution in [1.29, 1.82) is 0 Å². The second-order valence-corrected chi connectivity index (χ2v) is 6.11. The Labute approximate surface area is 127 Å². The van der Waals surface area contributed by atoms with Crippen LogP contribution in [0.1, 0.15) is 38.1 Å². The highest BCUT2D eigenvalue weighted by Crippen LogP contribution is 2.41. The number of nitrogens with one attached hydrogen (secondary N) is 1. The lowest BCUT2D eigenvalue weighted by Gasteiger charge is -2.25. The van der Waals surface area contributed by atoms with Crippen LogP contribution in [0, 0.1) is 17.8 Å². The quantitative estimate of drug-likeness (QED) is 0.904. The van der Waals surface area contributed by atoms with Crippen molar-refractivity contribution in [2.45, 2.75) is 38.7 Å². The molecule has 3 rings (SSSR count). The molecule has 120 valence electrons. The highest BCUT2D eigenvalue weighted by molar-refractivity contribution is 5.89. The molecular weight excluding hydrogens is 292 g/mol. The summed E-state index contributed by atoms with van der Waals surface area (Å²) in [5.41, 5.74) is 0. The van der Waals surface area contributed by atoms with Gasteiger partial charge in [-0.1, -0.05) is 0 Å². The third-order valence-electron chi connectivity index (χ3n) is 4.78. The third-order valence-corrected chi connectivity index (χ3v) is 4.78. The number of carbonyl (C=O) groups excluding carboxylic acids is 2. The Morgan fingerprint density at radius 3 is 2.68 bits per heavy atom. The summed E-state index contributed by atoms with van der Waals surface area (Å²) in [5, 5.41) is 2.79. The second-order valence-electron chi connectivity index (χ2n) is 6.11. The summed E-state index contributed by atoms with van der Waals surface area (Å²) in [6.07, 6.45) is 5.89. The van der Waals surface area contributed by atoms with Gasteiger partial charge in [-0.15, -0.1) is 0 Å². The highest BCUT2D eigenvalue weighted by atomic mass is 19.3. The van der Waals surface area contributed by atoms with Gasteiger partial charge in [0.1, 0.15) is 11.6 Å². The zero-order valence-corrected chi connectivity index (χ0v) is 12.2. The number of aromatic nitrogens is 2. The number of nitrogens with zero attached hydrogens (tertiary/aromatic N) is 2. The Kier molecular flexibility index (Phi) is 4.22. The van der Waals surface area contributed by atoms with Crippen LogP contribution in [-0.4, -0.2) is 27.8 Å². The van der Waals surface area contributed by atoms with E-state index < -0.39 is 6.55 Å². The minimum atomic E-state index is -2.62. The molecular formula is C15H19F2N3O2. The third kappa shape index (κ3) is 2.89. The molecule has 0 aromatic carbocycles. The van der Waals surface area contributed by atoms with E-state index >= 15 is 0 Å². The average molecular weight is 311 g/mol. The van der Waals surface area contributed by atoms with Gasteiger partial charge < -0.3 is 5.32 Å². The number of amides is 1. The largest absolute Gasteiger partial charge is 0.355 e. The zero-order valence-electron chi connectivity index (χ0n) is 12.2. The predicted octanol–water partition coefficient (Wildman–Crippen LogP) is 1.94. The highest BCUT2D eigenvalue weighted by Gasteiger charge is 2.43. The van der Waals surface area contributed by atoms with E-state index in [9.17, 15) is 18.4 Å². The van der Waals surface area contributed by atoms with Crippen LogP contribution in [0.3, 0.4) is 0 Å². The minimum absolute atomic E-state index is 0.0484. The number of fused-ring (bicyclic) bond motifs is 2. The van der Waals surface area contributed by atoms with Gasteiger partial charge in [0, 0.05) is 43.1 Å². The number of alkyl halides is 2. The SMILES string of the molecule is O=C(NCCc1nccn1C(F)F)C1CC2CCC(C1)C2=O. The van der Waals surface area contributed by atoms with Gasteiger partial charge in [0.2, 0.25) is 5.91 Å². The van der Waals surface area contributed by atoms with Crippen LogP contribution in [0.4, 0.5) is 8.78 Å². The van der Waals surface area contributed by atoms with E-state index in [0.717, 1.165) is 17.4 Å². The minimum Gasteiger partial charge on any atom is -0.355 e. The van der Waals surface area contributed by atoms with Crippen molar-refractivity contribution >= 4 is 11.7 Å². The fraction of sp³-hybridized carbons (Fsp3) is 0.667. The fourth-order valence-electron chi connectivity index (χ4n) is 3.64. The molecule has 2 bridgehead atoms. The monoisotopic (exact) mass is 311 g/mol. The van der Waals surface area contributed by atoms with E-state index in [0.29, 0.717) is 18.6 Å². The first-order valence-electron chi connectivity index (χ1n) is 7.67. The lowest BCUT2D eigenvalue weighted by Crippen LogP contribution is -2.38. The second kappa shape index (κ2) is 6.14. The van der Waals surface area contributed by atoms with Crippen LogP contribution >= 0.6 is 0 Å². The first kappa shape index (κ1) is 15.1. The molecule has 0 saturated heterocycles. The van der Waals surface area contributed by atoms with Gasteiger partial charge in [0.05, 0.1) is 0 Å². The van der Waals surface area contributed by atoms with E-state index in [2.05, 4.69) is 10.3 Å². The van der Waals surface area contributed by atoms with Gasteiger partial charge >= 0.3 is 6.55 Å². The molecule has 0 spiro atoms. The maximum Gasteiger partial charge on any atom is 0.319 e. The van der Waals surface area contributed by atoms with Crippen molar-refractivity contribution < 1.29 is 18.4 Å². The number of Topliss-reactive ketones (excluding diaryl/α,β-unsaturated/α-hetero) is 1. The van der Waals surface area contributed by atoms with Crippen molar-refractivity contribution in [2.24, 2.45) is 17.8 Å². The molecule has 2 unspecified atom stereocenters. The first-order chi connectivity index (χ1) is 10.6. The van der Waals surface area contributed by atoms with Crippen LogP contribution in [0.15, 0.2) is 12.4 Å². The summed E-state index contributed by atoms with van der Waals surface area (Å²) in [6.45, 7) is -2.34. The van der Waals surface area contributed by atoms with Crippen molar-refractivity contribution in [3.05, 3.63) is 18.2 Å². The molecule has 0 radical (unpaired) electrons. The number of hydrogen-bond acceptors (Lipinski definition) is 3. The molecule has 2 saturated carbocycles. The molecule has 1 aromatic rings. The molecule has 2 aliphatic carbocycles. The van der Waals surface area contributed by atoms with Crippen molar-refractivity contribution in [2.75, 3.05) is 6.54 Å². The molecule has 2 aliphatic rings. The van der Waals surface area contributed by atoms with E-state index in [4.69, 9.17) is 0 Å². The topological polar surface area (TPSA) is 64.0 Å². The van der Waals surface area contributed by atoms with Crippen molar-refractivity contribution in [1.82, 2.24) is 14.9 Å². The van der Waals surface area contributed by atoms with Crippen LogP contribution in [0.25, 0.3) is 0 Å². The van der Waals surface area contributed by atoms with Crippen molar-refractivity contribution in [3.8, 4) is 0 Å². The van der Waals surface area contributed by atoms with E-state index in [-0.39, 0.29) is 42.5 Å². The summed E-state index contributed by atoms with van der Waals surface area (Å²) in [5.74, 6) is 0.487. The number of halogens is 2. The zero-order chi connectivity index (χ0) is 15.7. The van der Waals surface area contributed by atoms with E-state index in [1.807, 2.05) is 0 Å². The van der Waals surface area contributed by atoms with Crippen molar-refractivity contribution in [3.63, 3.8) is 0 Å². The van der Waals surface area contributed by atoms with Gasteiger partial charge in [0.15, 0.2) is 0 Å². The summed E-state index contributed by atoms with van der Waals surface area (Å²) in [4.78, 5) is 27.9. The van der Waals surface area contributed by atoms with Crippen LogP contribution in [0.5, 0.6) is 0 Å². The molecule has 7 heteroatoms. The van der Waals surface area contributed by atoms with Gasteiger partial charge in [-0.2, -0.15) is 8.78 Å². The molecule has 2 atom stereocenters. The predicted molar refractivity (Wildman–Crippen MR) is 74.1 cm³/mol. The smallest absolute Gasteiger partial charge is 0.319 e. The first-order valence-corrected chi connectivity index (χ1v) is 7.67. The molecule has 0 aliphatic heterocycles. The molecule has 1 N–H and O–H groups in total. The molecule has 2 fully saturated rings. The molecule has 1 amide bonds. The van der Waals surface area contributed by atoms with E-state index in [1.165, 1.54) is 12.4 Å². The fourth-order valence-corrected chi connectivity index (χ4v) is 3.64. The number of hydrogen-bond donors (Lipinski definition) is 1. The summed E-state index contributed by atoms with van der Waals surface area (Å²) >= 11 is 0. The standard InChI is InChI=1S/C15H19F2N3O2/c16-15(17)20-6-5-18-12(20)3-4-19-14(22)11-7-9-1-2-10(8-11)13(9)21/h5-6,9-11,15H,1-4,7-8H2,(H,19,22). The molecule has 1 heterocycles. The summed E-state index contributed by atoms with van der Waals surface area (Å²) in [6, 6.07) is 0. The Morgan fingerprint density at radius 2 is 2.05 bits per heavy atom. The van der Waals surface area contributed by atoms with E-state index in [1.54, 1.807) is 0 Å². The molecule has 22 heavy (non-hydrogen) atoms. The number of carbonyl (C=O) groups is 2. The molecule has 5 nitrogen and oxygen atoms in total. The van der Waals surface area contributed by atoms with Gasteiger partial charge in [0.25, 0.3) is 0 Å². The lowest BCUT2D eigenvalue weighted by molar-refractivity contribution is -0.132. The van der Waals surface area contributed by atoms with Gasteiger partial charge in [-0.3, -0.25) is 14.2 Å². The van der Waals surface area contributed by atoms with Gasteiger partial charge in [-0.05, 0) is 25.7 Å². The Balaban J connectivity index is 1.49. The number of rotatable bonds is 5.